The Morgan fingerprint density at radius 3 is 2.66 bits per heavy atom. The van der Waals surface area contributed by atoms with Crippen LogP contribution in [-0.4, -0.2) is 49.2 Å². The van der Waals surface area contributed by atoms with E-state index in [1.807, 2.05) is 30.3 Å². The summed E-state index contributed by atoms with van der Waals surface area (Å²) >= 11 is 0. The Bertz CT molecular complexity index is 1320. The second kappa shape index (κ2) is 8.70. The summed E-state index contributed by atoms with van der Waals surface area (Å²) in [6.45, 7) is 1.36. The topological polar surface area (TPSA) is 110 Å². The van der Waals surface area contributed by atoms with Crippen molar-refractivity contribution in [3.05, 3.63) is 77.7 Å². The number of piperidine rings is 1. The molecule has 9 nitrogen and oxygen atoms in total. The van der Waals surface area contributed by atoms with Crippen LogP contribution < -0.4 is 9.64 Å². The second-order valence-corrected chi connectivity index (χ2v) is 8.92. The van der Waals surface area contributed by atoms with E-state index in [4.69, 9.17) is 9.15 Å². The van der Waals surface area contributed by atoms with E-state index >= 15 is 0 Å². The number of nitrogens with zero attached hydrogens (tertiary/aromatic N) is 6. The van der Waals surface area contributed by atoms with Crippen LogP contribution in [0.15, 0.2) is 59.1 Å². The van der Waals surface area contributed by atoms with E-state index in [1.165, 1.54) is 6.07 Å². The number of benzene rings is 1. The lowest BCUT2D eigenvalue weighted by Crippen LogP contribution is -2.50. The third kappa shape index (κ3) is 4.21. The molecule has 1 fully saturated rings. The normalized spacial score (nSPS) is 18.8. The smallest absolute Gasteiger partial charge is 0.268 e. The molecule has 0 bridgehead atoms. The highest BCUT2D eigenvalue weighted by Gasteiger charge is 2.44. The van der Waals surface area contributed by atoms with Crippen LogP contribution in [0.1, 0.15) is 42.5 Å². The Morgan fingerprint density at radius 2 is 1.89 bits per heavy atom. The van der Waals surface area contributed by atoms with Crippen LogP contribution in [0.3, 0.4) is 0 Å². The summed E-state index contributed by atoms with van der Waals surface area (Å²) in [5.74, 6) is 1.51. The number of pyridine rings is 1. The van der Waals surface area contributed by atoms with Crippen molar-refractivity contribution in [1.29, 1.82) is 0 Å². The highest BCUT2D eigenvalue weighted by atomic mass is 19.1. The molecular formula is C25H23FN6O3. The van der Waals surface area contributed by atoms with E-state index in [0.717, 1.165) is 11.5 Å². The van der Waals surface area contributed by atoms with Crippen molar-refractivity contribution in [3.63, 3.8) is 0 Å². The fourth-order valence-electron chi connectivity index (χ4n) is 4.80. The largest absolute Gasteiger partial charge is 0.487 e. The quantitative estimate of drug-likeness (QED) is 0.475. The highest BCUT2D eigenvalue weighted by molar-refractivity contribution is 5.49. The maximum absolute atomic E-state index is 14.1. The molecule has 0 saturated carbocycles. The molecule has 10 heteroatoms. The fourth-order valence-corrected chi connectivity index (χ4v) is 4.80. The molecule has 0 amide bonds. The number of ether oxygens (including phenoxy) is 1. The number of hydrogen-bond donors (Lipinski definition) is 1. The first-order chi connectivity index (χ1) is 17.1. The molecule has 1 spiro atoms. The predicted octanol–water partition coefficient (Wildman–Crippen LogP) is 3.51. The highest BCUT2D eigenvalue weighted by Crippen LogP contribution is 2.45. The molecule has 2 aliphatic heterocycles. The van der Waals surface area contributed by atoms with Gasteiger partial charge in [0.05, 0.1) is 18.1 Å². The minimum Gasteiger partial charge on any atom is -0.487 e. The molecule has 178 valence electrons. The van der Waals surface area contributed by atoms with Crippen LogP contribution >= 0.6 is 0 Å². The summed E-state index contributed by atoms with van der Waals surface area (Å²) < 4.78 is 26.1. The van der Waals surface area contributed by atoms with Gasteiger partial charge in [-0.3, -0.25) is 4.98 Å². The summed E-state index contributed by atoms with van der Waals surface area (Å²) in [6, 6.07) is 14.0. The second-order valence-electron chi connectivity index (χ2n) is 8.92. The van der Waals surface area contributed by atoms with Crippen LogP contribution in [0, 0.1) is 5.82 Å². The first kappa shape index (κ1) is 21.6. The average molecular weight is 474 g/mol. The van der Waals surface area contributed by atoms with E-state index in [2.05, 4.69) is 30.3 Å². The molecule has 4 aromatic rings. The van der Waals surface area contributed by atoms with Crippen molar-refractivity contribution in [2.75, 3.05) is 18.0 Å². The van der Waals surface area contributed by atoms with Gasteiger partial charge in [0.2, 0.25) is 5.89 Å². The molecule has 5 heterocycles. The third-order valence-electron chi connectivity index (χ3n) is 6.63. The van der Waals surface area contributed by atoms with Gasteiger partial charge >= 0.3 is 0 Å². The van der Waals surface area contributed by atoms with Gasteiger partial charge in [0.25, 0.3) is 5.89 Å². The number of halogens is 1. The molecular weight excluding hydrogens is 451 g/mol. The number of hydrogen-bond acceptors (Lipinski definition) is 9. The first-order valence-corrected chi connectivity index (χ1v) is 11.6. The fraction of sp³-hybridized carbons (Fsp3) is 0.320. The minimum atomic E-state index is -0.873. The van der Waals surface area contributed by atoms with Gasteiger partial charge in [-0.05, 0) is 36.4 Å². The van der Waals surface area contributed by atoms with E-state index in [1.54, 1.807) is 18.3 Å². The third-order valence-corrected chi connectivity index (χ3v) is 6.63. The Balaban J connectivity index is 1.11. The maximum Gasteiger partial charge on any atom is 0.268 e. The zero-order chi connectivity index (χ0) is 23.8. The van der Waals surface area contributed by atoms with Crippen LogP contribution in [-0.2, 0) is 6.42 Å². The van der Waals surface area contributed by atoms with Gasteiger partial charge in [0, 0.05) is 44.2 Å². The van der Waals surface area contributed by atoms with Crippen molar-refractivity contribution < 1.29 is 18.7 Å². The number of fused-ring (bicyclic) bond motifs is 1. The van der Waals surface area contributed by atoms with Gasteiger partial charge in [-0.25, -0.2) is 4.39 Å². The van der Waals surface area contributed by atoms with Crippen molar-refractivity contribution >= 4 is 5.82 Å². The van der Waals surface area contributed by atoms with Gasteiger partial charge in [-0.15, -0.1) is 20.4 Å². The molecule has 1 N–H and O–H groups in total. The van der Waals surface area contributed by atoms with Crippen molar-refractivity contribution in [2.24, 2.45) is 0 Å². The van der Waals surface area contributed by atoms with Crippen molar-refractivity contribution in [3.8, 4) is 17.3 Å². The molecule has 1 unspecified atom stereocenters. The summed E-state index contributed by atoms with van der Waals surface area (Å²) in [4.78, 5) is 6.39. The zero-order valence-corrected chi connectivity index (χ0v) is 18.8. The molecule has 6 rings (SSSR count). The number of aliphatic hydroxyl groups is 1. The SMILES string of the molecule is OC1CC2(CCN(c3ccc(-c4nnc(Cc5ccccn5)o4)nn3)CC2)Oc2cccc(F)c21. The van der Waals surface area contributed by atoms with Crippen LogP contribution in [0.4, 0.5) is 10.2 Å². The van der Waals surface area contributed by atoms with E-state index in [0.29, 0.717) is 62.0 Å². The lowest BCUT2D eigenvalue weighted by molar-refractivity contribution is -0.0317. The summed E-state index contributed by atoms with van der Waals surface area (Å²) in [6.07, 6.45) is 3.04. The molecule has 0 radical (unpaired) electrons. The molecule has 1 saturated heterocycles. The lowest BCUT2D eigenvalue weighted by atomic mass is 9.81. The lowest BCUT2D eigenvalue weighted by Gasteiger charge is -2.46. The maximum atomic E-state index is 14.1. The number of aliphatic hydroxyl groups excluding tert-OH is 1. The number of anilines is 1. The van der Waals surface area contributed by atoms with E-state index < -0.39 is 17.5 Å². The predicted molar refractivity (Wildman–Crippen MR) is 123 cm³/mol. The van der Waals surface area contributed by atoms with Gasteiger partial charge in [0.1, 0.15) is 22.9 Å². The molecule has 1 atom stereocenters. The van der Waals surface area contributed by atoms with Crippen LogP contribution in [0.2, 0.25) is 0 Å². The molecule has 0 aliphatic carbocycles. The molecule has 2 aliphatic rings. The first-order valence-electron chi connectivity index (χ1n) is 11.6. The Morgan fingerprint density at radius 1 is 1.00 bits per heavy atom. The summed E-state index contributed by atoms with van der Waals surface area (Å²) in [5.41, 5.74) is 1.08. The molecule has 35 heavy (non-hydrogen) atoms. The van der Waals surface area contributed by atoms with E-state index in [-0.39, 0.29) is 5.56 Å². The van der Waals surface area contributed by atoms with Crippen LogP contribution in [0.25, 0.3) is 11.6 Å². The van der Waals surface area contributed by atoms with Crippen molar-refractivity contribution in [1.82, 2.24) is 25.4 Å². The standard InChI is InChI=1S/C25H23FN6O3/c26-17-5-3-6-20-23(17)19(33)15-25(35-20)9-12-32(13-10-25)21-8-7-18(28-29-21)24-31-30-22(34-24)14-16-4-1-2-11-27-16/h1-8,11,19,33H,9-10,12-15H2. The van der Waals surface area contributed by atoms with Gasteiger partial charge in [0.15, 0.2) is 5.82 Å². The Labute approximate surface area is 200 Å². The molecule has 1 aromatic carbocycles. The summed E-state index contributed by atoms with van der Waals surface area (Å²) in [5, 5.41) is 27.4. The zero-order valence-electron chi connectivity index (χ0n) is 18.8. The Hall–Kier alpha value is -3.92. The number of rotatable bonds is 4. The van der Waals surface area contributed by atoms with Gasteiger partial charge in [-0.2, -0.15) is 0 Å². The molecule has 3 aromatic heterocycles. The monoisotopic (exact) mass is 474 g/mol. The number of aromatic nitrogens is 5. The minimum absolute atomic E-state index is 0.256. The summed E-state index contributed by atoms with van der Waals surface area (Å²) in [7, 11) is 0. The van der Waals surface area contributed by atoms with Crippen LogP contribution in [0.5, 0.6) is 5.75 Å². The van der Waals surface area contributed by atoms with Crippen molar-refractivity contribution in [2.45, 2.75) is 37.4 Å². The van der Waals surface area contributed by atoms with Gasteiger partial charge in [-0.1, -0.05) is 12.1 Å². The van der Waals surface area contributed by atoms with Gasteiger partial charge < -0.3 is 19.2 Å². The Kier molecular flexibility index (Phi) is 5.37. The van der Waals surface area contributed by atoms with E-state index in [9.17, 15) is 9.50 Å². The average Bonchev–Trinajstić information content (AvgIpc) is 3.33.